The molecule has 3 aromatic carbocycles. The summed E-state index contributed by atoms with van der Waals surface area (Å²) in [5.41, 5.74) is 7.50. The molecule has 1 atom stereocenters. The fourth-order valence-electron chi connectivity index (χ4n) is 4.11. The maximum absolute atomic E-state index is 12.5. The van der Waals surface area contributed by atoms with Crippen molar-refractivity contribution in [2.45, 2.75) is 25.8 Å². The molecule has 0 aromatic heterocycles. The van der Waals surface area contributed by atoms with Crippen LogP contribution in [0.25, 0.3) is 10.8 Å². The van der Waals surface area contributed by atoms with Gasteiger partial charge >= 0.3 is 0 Å². The molecular formula is C23H23N3O4S. The summed E-state index contributed by atoms with van der Waals surface area (Å²) in [4.78, 5) is 24.9. The van der Waals surface area contributed by atoms with Crippen molar-refractivity contribution in [3.63, 3.8) is 0 Å². The smallest absolute Gasteiger partial charge is 0.269 e. The molecule has 31 heavy (non-hydrogen) atoms. The molecule has 1 heterocycles. The van der Waals surface area contributed by atoms with Crippen LogP contribution >= 0.6 is 0 Å². The zero-order valence-corrected chi connectivity index (χ0v) is 18.1. The van der Waals surface area contributed by atoms with Crippen molar-refractivity contribution in [1.29, 1.82) is 0 Å². The molecule has 3 aromatic rings. The first-order valence-corrected chi connectivity index (χ1v) is 11.8. The Balaban J connectivity index is 1.42. The Bertz CT molecular complexity index is 1280. The average Bonchev–Trinajstić information content (AvgIpc) is 3.07. The average molecular weight is 438 g/mol. The summed E-state index contributed by atoms with van der Waals surface area (Å²) < 4.78 is 25.4. The van der Waals surface area contributed by atoms with Gasteiger partial charge in [0.05, 0.1) is 18.4 Å². The lowest BCUT2D eigenvalue weighted by Crippen LogP contribution is -2.42. The number of carbonyl (C=O) groups excluding carboxylic acids is 2. The second-order valence-corrected chi connectivity index (χ2v) is 9.63. The minimum Gasteiger partial charge on any atom is -0.273 e. The number of amides is 2. The third kappa shape index (κ3) is 4.25. The van der Waals surface area contributed by atoms with E-state index in [9.17, 15) is 18.0 Å². The van der Waals surface area contributed by atoms with Crippen molar-refractivity contribution in [1.82, 2.24) is 10.9 Å². The second kappa shape index (κ2) is 8.03. The standard InChI is InChI=1S/C23H23N3O4S/c1-15-12-19-13-18(10-11-21(19)26(15)31(2,29)30)23(28)25-24-22(27)14-17-8-5-7-16-6-3-4-9-20(16)17/h3-11,13,15H,12,14H2,1-2H3,(H,24,27)(H,25,28)/t15-/m1/s1. The van der Waals surface area contributed by atoms with E-state index in [1.807, 2.05) is 49.4 Å². The van der Waals surface area contributed by atoms with Crippen LogP contribution in [0.1, 0.15) is 28.4 Å². The normalized spacial score (nSPS) is 15.5. The molecule has 160 valence electrons. The summed E-state index contributed by atoms with van der Waals surface area (Å²) in [6.45, 7) is 1.83. The van der Waals surface area contributed by atoms with Crippen LogP contribution in [0.5, 0.6) is 0 Å². The highest BCUT2D eigenvalue weighted by molar-refractivity contribution is 7.92. The van der Waals surface area contributed by atoms with E-state index in [0.717, 1.165) is 21.9 Å². The van der Waals surface area contributed by atoms with E-state index in [4.69, 9.17) is 0 Å². The van der Waals surface area contributed by atoms with Crippen molar-refractivity contribution in [2.75, 3.05) is 10.6 Å². The number of rotatable bonds is 4. The Morgan fingerprint density at radius 2 is 1.77 bits per heavy atom. The summed E-state index contributed by atoms with van der Waals surface area (Å²) in [5.74, 6) is -0.790. The molecular weight excluding hydrogens is 414 g/mol. The maximum atomic E-state index is 12.5. The van der Waals surface area contributed by atoms with Gasteiger partial charge in [-0.15, -0.1) is 0 Å². The molecule has 8 heteroatoms. The number of nitrogens with zero attached hydrogens (tertiary/aromatic N) is 1. The number of sulfonamides is 1. The van der Waals surface area contributed by atoms with Gasteiger partial charge in [0, 0.05) is 11.6 Å². The Morgan fingerprint density at radius 1 is 1.03 bits per heavy atom. The van der Waals surface area contributed by atoms with Gasteiger partial charge in [-0.05, 0) is 53.4 Å². The summed E-state index contributed by atoms with van der Waals surface area (Å²) in [5, 5.41) is 2.04. The molecule has 0 saturated heterocycles. The highest BCUT2D eigenvalue weighted by Gasteiger charge is 2.32. The molecule has 0 spiro atoms. The van der Waals surface area contributed by atoms with Crippen molar-refractivity contribution in [3.05, 3.63) is 77.4 Å². The first-order valence-electron chi connectivity index (χ1n) is 9.92. The highest BCUT2D eigenvalue weighted by Crippen LogP contribution is 2.34. The third-order valence-electron chi connectivity index (χ3n) is 5.40. The van der Waals surface area contributed by atoms with Gasteiger partial charge < -0.3 is 0 Å². The van der Waals surface area contributed by atoms with Gasteiger partial charge in [0.1, 0.15) is 0 Å². The predicted octanol–water partition coefficient (Wildman–Crippen LogP) is 2.55. The van der Waals surface area contributed by atoms with Crippen molar-refractivity contribution in [3.8, 4) is 0 Å². The fourth-order valence-corrected chi connectivity index (χ4v) is 5.38. The van der Waals surface area contributed by atoms with Gasteiger partial charge in [-0.25, -0.2) is 8.42 Å². The van der Waals surface area contributed by atoms with Crippen molar-refractivity contribution >= 4 is 38.3 Å². The van der Waals surface area contributed by atoms with Gasteiger partial charge in [0.15, 0.2) is 0 Å². The van der Waals surface area contributed by atoms with Crippen molar-refractivity contribution < 1.29 is 18.0 Å². The van der Waals surface area contributed by atoms with Gasteiger partial charge in [0.25, 0.3) is 5.91 Å². The Hall–Kier alpha value is -3.39. The molecule has 4 rings (SSSR count). The SMILES string of the molecule is C[C@@H]1Cc2cc(C(=O)NNC(=O)Cc3cccc4ccccc34)ccc2N1S(C)(=O)=O. The van der Waals surface area contributed by atoms with E-state index in [-0.39, 0.29) is 18.4 Å². The lowest BCUT2D eigenvalue weighted by Gasteiger charge is -2.21. The molecule has 0 aliphatic carbocycles. The molecule has 7 nitrogen and oxygen atoms in total. The maximum Gasteiger partial charge on any atom is 0.269 e. The van der Waals surface area contributed by atoms with E-state index in [0.29, 0.717) is 17.7 Å². The minimum absolute atomic E-state index is 0.132. The van der Waals surface area contributed by atoms with Gasteiger partial charge in [-0.2, -0.15) is 0 Å². The quantitative estimate of drug-likeness (QED) is 0.613. The van der Waals surface area contributed by atoms with Crippen LogP contribution in [-0.4, -0.2) is 32.5 Å². The second-order valence-electron chi connectivity index (χ2n) is 7.77. The molecule has 0 unspecified atom stereocenters. The van der Waals surface area contributed by atoms with E-state index < -0.39 is 15.9 Å². The first-order chi connectivity index (χ1) is 14.7. The molecule has 0 saturated carbocycles. The van der Waals surface area contributed by atoms with E-state index in [1.54, 1.807) is 18.2 Å². The monoisotopic (exact) mass is 437 g/mol. The van der Waals surface area contributed by atoms with Crippen LogP contribution in [-0.2, 0) is 27.7 Å². The van der Waals surface area contributed by atoms with Crippen molar-refractivity contribution in [2.24, 2.45) is 0 Å². The summed E-state index contributed by atoms with van der Waals surface area (Å²) in [6.07, 6.45) is 1.83. The Kier molecular flexibility index (Phi) is 5.41. The van der Waals surface area contributed by atoms with E-state index in [1.165, 1.54) is 10.6 Å². The summed E-state index contributed by atoms with van der Waals surface area (Å²) in [7, 11) is -3.39. The van der Waals surface area contributed by atoms with Crippen LogP contribution in [0.3, 0.4) is 0 Å². The molecule has 2 N–H and O–H groups in total. The van der Waals surface area contributed by atoms with Crippen LogP contribution < -0.4 is 15.2 Å². The third-order valence-corrected chi connectivity index (χ3v) is 6.67. The van der Waals surface area contributed by atoms with Gasteiger partial charge in [0.2, 0.25) is 15.9 Å². The lowest BCUT2D eigenvalue weighted by molar-refractivity contribution is -0.121. The molecule has 0 bridgehead atoms. The minimum atomic E-state index is -3.39. The summed E-state index contributed by atoms with van der Waals surface area (Å²) in [6, 6.07) is 18.2. The number of anilines is 1. The number of fused-ring (bicyclic) bond motifs is 2. The predicted molar refractivity (Wildman–Crippen MR) is 120 cm³/mol. The zero-order valence-electron chi connectivity index (χ0n) is 17.3. The van der Waals surface area contributed by atoms with Crippen LogP contribution in [0, 0.1) is 0 Å². The zero-order chi connectivity index (χ0) is 22.2. The Morgan fingerprint density at radius 3 is 2.55 bits per heavy atom. The first kappa shape index (κ1) is 20.9. The molecule has 0 fully saturated rings. The van der Waals surface area contributed by atoms with Gasteiger partial charge in [-0.1, -0.05) is 42.5 Å². The highest BCUT2D eigenvalue weighted by atomic mass is 32.2. The number of benzene rings is 3. The molecule has 2 amide bonds. The number of hydrogen-bond donors (Lipinski definition) is 2. The van der Waals surface area contributed by atoms with E-state index >= 15 is 0 Å². The molecule has 1 aliphatic rings. The van der Waals surface area contributed by atoms with Crippen LogP contribution in [0.2, 0.25) is 0 Å². The largest absolute Gasteiger partial charge is 0.273 e. The topological polar surface area (TPSA) is 95.6 Å². The molecule has 0 radical (unpaired) electrons. The van der Waals surface area contributed by atoms with Gasteiger partial charge in [-0.3, -0.25) is 24.7 Å². The molecule has 1 aliphatic heterocycles. The number of hydrogen-bond acceptors (Lipinski definition) is 4. The van der Waals surface area contributed by atoms with Crippen LogP contribution in [0.15, 0.2) is 60.7 Å². The Labute approximate surface area is 181 Å². The number of hydrazine groups is 1. The summed E-state index contributed by atoms with van der Waals surface area (Å²) >= 11 is 0. The number of nitrogens with one attached hydrogen (secondary N) is 2. The van der Waals surface area contributed by atoms with Crippen LogP contribution in [0.4, 0.5) is 5.69 Å². The fraction of sp³-hybridized carbons (Fsp3) is 0.217. The van der Waals surface area contributed by atoms with E-state index in [2.05, 4.69) is 10.9 Å². The lowest BCUT2D eigenvalue weighted by atomic mass is 10.0. The number of carbonyl (C=O) groups is 2.